The van der Waals surface area contributed by atoms with E-state index in [4.69, 9.17) is 5.73 Å². The highest BCUT2D eigenvalue weighted by molar-refractivity contribution is 7.99. The van der Waals surface area contributed by atoms with E-state index >= 15 is 0 Å². The predicted octanol–water partition coefficient (Wildman–Crippen LogP) is 3.98. The van der Waals surface area contributed by atoms with Crippen molar-refractivity contribution in [2.24, 2.45) is 5.73 Å². The molecule has 6 heteroatoms. The second kappa shape index (κ2) is 6.99. The average Bonchev–Trinajstić information content (AvgIpc) is 2.25. The van der Waals surface area contributed by atoms with Crippen molar-refractivity contribution in [3.8, 4) is 0 Å². The van der Waals surface area contributed by atoms with E-state index in [1.807, 2.05) is 0 Å². The Labute approximate surface area is 108 Å². The third kappa shape index (κ3) is 6.86. The first kappa shape index (κ1) is 15.3. The summed E-state index contributed by atoms with van der Waals surface area (Å²) in [4.78, 5) is 0.737. The van der Waals surface area contributed by atoms with Gasteiger partial charge in [-0.15, -0.1) is 11.8 Å². The molecule has 0 radical (unpaired) electrons. The van der Waals surface area contributed by atoms with E-state index in [0.717, 1.165) is 4.90 Å². The predicted molar refractivity (Wildman–Crippen MR) is 65.0 cm³/mol. The Balaban J connectivity index is 2.23. The van der Waals surface area contributed by atoms with Gasteiger partial charge in [0.1, 0.15) is 5.82 Å². The molecule has 0 fully saturated rings. The van der Waals surface area contributed by atoms with Gasteiger partial charge in [-0.1, -0.05) is 6.07 Å². The number of benzene rings is 1. The Kier molecular flexibility index (Phi) is 5.95. The van der Waals surface area contributed by atoms with E-state index in [2.05, 4.69) is 0 Å². The van der Waals surface area contributed by atoms with Crippen LogP contribution in [0.25, 0.3) is 0 Å². The highest BCUT2D eigenvalue weighted by Crippen LogP contribution is 2.24. The average molecular weight is 281 g/mol. The van der Waals surface area contributed by atoms with Gasteiger partial charge in [0.15, 0.2) is 0 Å². The molecule has 0 aliphatic heterocycles. The highest BCUT2D eigenvalue weighted by Gasteiger charge is 2.26. The fourth-order valence-electron chi connectivity index (χ4n) is 1.41. The van der Waals surface area contributed by atoms with Gasteiger partial charge in [0.2, 0.25) is 0 Å². The topological polar surface area (TPSA) is 26.0 Å². The number of hydrogen-bond donors (Lipinski definition) is 1. The first-order valence-corrected chi connectivity index (χ1v) is 6.56. The van der Waals surface area contributed by atoms with E-state index < -0.39 is 12.6 Å². The lowest BCUT2D eigenvalue weighted by atomic mass is 10.1. The molecule has 0 aromatic heterocycles. The number of hydrogen-bond acceptors (Lipinski definition) is 2. The molecular weight excluding hydrogens is 266 g/mol. The van der Waals surface area contributed by atoms with Gasteiger partial charge in [-0.25, -0.2) is 4.39 Å². The molecule has 0 aliphatic rings. The van der Waals surface area contributed by atoms with Crippen LogP contribution in [-0.2, 0) is 0 Å². The second-order valence-corrected chi connectivity index (χ2v) is 5.13. The fourth-order valence-corrected chi connectivity index (χ4v) is 2.35. The van der Waals surface area contributed by atoms with Crippen LogP contribution in [0.5, 0.6) is 0 Å². The molecule has 18 heavy (non-hydrogen) atoms. The molecule has 0 heterocycles. The van der Waals surface area contributed by atoms with Gasteiger partial charge in [-0.2, -0.15) is 13.2 Å². The molecule has 1 rings (SSSR count). The van der Waals surface area contributed by atoms with Crippen LogP contribution in [0.2, 0.25) is 0 Å². The lowest BCUT2D eigenvalue weighted by Crippen LogP contribution is -2.23. The minimum atomic E-state index is -4.12. The maximum Gasteiger partial charge on any atom is 0.389 e. The van der Waals surface area contributed by atoms with Crippen molar-refractivity contribution < 1.29 is 17.6 Å². The summed E-state index contributed by atoms with van der Waals surface area (Å²) in [6, 6.07) is 5.75. The van der Waals surface area contributed by atoms with Crippen molar-refractivity contribution >= 4 is 11.8 Å². The molecule has 102 valence electrons. The smallest absolute Gasteiger partial charge is 0.327 e. The summed E-state index contributed by atoms with van der Waals surface area (Å²) in [7, 11) is 0. The van der Waals surface area contributed by atoms with E-state index in [1.165, 1.54) is 23.9 Å². The maximum absolute atomic E-state index is 12.9. The Bertz CT molecular complexity index is 367. The SMILES string of the molecule is NC(CCCC(F)(F)F)CSc1cccc(F)c1. The Hall–Kier alpha value is -0.750. The number of thioether (sulfide) groups is 1. The lowest BCUT2D eigenvalue weighted by Gasteiger charge is -2.12. The van der Waals surface area contributed by atoms with E-state index in [9.17, 15) is 17.6 Å². The van der Waals surface area contributed by atoms with Crippen molar-refractivity contribution in [1.29, 1.82) is 0 Å². The van der Waals surface area contributed by atoms with Crippen LogP contribution in [0.3, 0.4) is 0 Å². The molecule has 0 spiro atoms. The number of halogens is 4. The van der Waals surface area contributed by atoms with Crippen molar-refractivity contribution in [1.82, 2.24) is 0 Å². The second-order valence-electron chi connectivity index (χ2n) is 4.04. The van der Waals surface area contributed by atoms with E-state index in [1.54, 1.807) is 12.1 Å². The molecule has 1 atom stereocenters. The minimum Gasteiger partial charge on any atom is -0.327 e. The van der Waals surface area contributed by atoms with Crippen LogP contribution in [0, 0.1) is 5.82 Å². The quantitative estimate of drug-likeness (QED) is 0.630. The summed E-state index contributed by atoms with van der Waals surface area (Å²) in [5.41, 5.74) is 5.71. The van der Waals surface area contributed by atoms with Gasteiger partial charge < -0.3 is 5.73 Å². The summed E-state index contributed by atoms with van der Waals surface area (Å²) in [6.45, 7) is 0. The minimum absolute atomic E-state index is 0.0361. The zero-order chi connectivity index (χ0) is 13.6. The number of rotatable bonds is 6. The Morgan fingerprint density at radius 3 is 2.61 bits per heavy atom. The van der Waals surface area contributed by atoms with Gasteiger partial charge in [-0.05, 0) is 31.0 Å². The standard InChI is InChI=1S/C12H15F4NS/c13-9-3-1-5-11(7-9)18-8-10(17)4-2-6-12(14,15)16/h1,3,5,7,10H,2,4,6,8,17H2. The maximum atomic E-state index is 12.9. The number of nitrogens with two attached hydrogens (primary N) is 1. The Morgan fingerprint density at radius 1 is 1.28 bits per heavy atom. The fraction of sp³-hybridized carbons (Fsp3) is 0.500. The van der Waals surface area contributed by atoms with Gasteiger partial charge in [0.05, 0.1) is 0 Å². The molecule has 0 saturated carbocycles. The van der Waals surface area contributed by atoms with Gasteiger partial charge in [0.25, 0.3) is 0 Å². The molecule has 2 N–H and O–H groups in total. The molecule has 0 saturated heterocycles. The summed E-state index contributed by atoms with van der Waals surface area (Å²) in [5.74, 6) is 0.159. The van der Waals surface area contributed by atoms with Crippen molar-refractivity contribution in [2.45, 2.75) is 36.4 Å². The Morgan fingerprint density at radius 2 is 2.00 bits per heavy atom. The van der Waals surface area contributed by atoms with Crippen LogP contribution in [0.4, 0.5) is 17.6 Å². The number of alkyl halides is 3. The largest absolute Gasteiger partial charge is 0.389 e. The zero-order valence-electron chi connectivity index (χ0n) is 9.71. The molecule has 0 bridgehead atoms. The van der Waals surface area contributed by atoms with Crippen molar-refractivity contribution in [3.05, 3.63) is 30.1 Å². The van der Waals surface area contributed by atoms with Crippen molar-refractivity contribution in [3.63, 3.8) is 0 Å². The van der Waals surface area contributed by atoms with E-state index in [0.29, 0.717) is 12.2 Å². The normalized spacial score (nSPS) is 13.6. The van der Waals surface area contributed by atoms with Crippen LogP contribution in [0.1, 0.15) is 19.3 Å². The zero-order valence-corrected chi connectivity index (χ0v) is 10.5. The van der Waals surface area contributed by atoms with Gasteiger partial charge in [0, 0.05) is 23.1 Å². The molecule has 1 aromatic rings. The summed E-state index contributed by atoms with van der Waals surface area (Å²) < 4.78 is 48.6. The molecular formula is C12H15F4NS. The summed E-state index contributed by atoms with van der Waals surface area (Å²) in [5, 5.41) is 0. The molecule has 1 aromatic carbocycles. The lowest BCUT2D eigenvalue weighted by molar-refractivity contribution is -0.135. The van der Waals surface area contributed by atoms with Crippen LogP contribution >= 0.6 is 11.8 Å². The third-order valence-electron chi connectivity index (χ3n) is 2.30. The van der Waals surface area contributed by atoms with Crippen molar-refractivity contribution in [2.75, 3.05) is 5.75 Å². The first-order valence-electron chi connectivity index (χ1n) is 5.57. The molecule has 1 unspecified atom stereocenters. The summed E-state index contributed by atoms with van der Waals surface area (Å²) in [6.07, 6.45) is -4.56. The highest BCUT2D eigenvalue weighted by atomic mass is 32.2. The van der Waals surface area contributed by atoms with Gasteiger partial charge >= 0.3 is 6.18 Å². The summed E-state index contributed by atoms with van der Waals surface area (Å²) >= 11 is 1.35. The van der Waals surface area contributed by atoms with E-state index in [-0.39, 0.29) is 18.3 Å². The molecule has 0 aliphatic carbocycles. The van der Waals surface area contributed by atoms with Crippen LogP contribution < -0.4 is 5.73 Å². The monoisotopic (exact) mass is 281 g/mol. The third-order valence-corrected chi connectivity index (χ3v) is 3.48. The first-order chi connectivity index (χ1) is 8.37. The van der Waals surface area contributed by atoms with Crippen LogP contribution in [-0.4, -0.2) is 18.0 Å². The van der Waals surface area contributed by atoms with Gasteiger partial charge in [-0.3, -0.25) is 0 Å². The van der Waals surface area contributed by atoms with Crippen LogP contribution in [0.15, 0.2) is 29.2 Å². The molecule has 1 nitrogen and oxygen atoms in total. The molecule has 0 amide bonds.